The Kier molecular flexibility index (Phi) is 8.32. The van der Waals surface area contributed by atoms with Gasteiger partial charge in [-0.3, -0.25) is 14.3 Å². The maximum atomic E-state index is 13.5. The second-order valence-corrected chi connectivity index (χ2v) is 14.0. The van der Waals surface area contributed by atoms with Gasteiger partial charge in [-0.25, -0.2) is 8.42 Å². The van der Waals surface area contributed by atoms with Crippen molar-refractivity contribution in [3.63, 3.8) is 0 Å². The molecule has 2 N–H and O–H groups in total. The molecule has 2 unspecified atom stereocenters. The molecule has 8 nitrogen and oxygen atoms in total. The van der Waals surface area contributed by atoms with Crippen molar-refractivity contribution >= 4 is 38.9 Å². The van der Waals surface area contributed by atoms with E-state index in [1.165, 1.54) is 31.4 Å². The predicted molar refractivity (Wildman–Crippen MR) is 166 cm³/mol. The Morgan fingerprint density at radius 2 is 1.64 bits per heavy atom. The molecular formula is C32H37ClN4O4S. The zero-order valence-corrected chi connectivity index (χ0v) is 25.2. The van der Waals surface area contributed by atoms with Crippen LogP contribution >= 0.6 is 11.6 Å². The number of piperidine rings is 1. The first kappa shape index (κ1) is 28.8. The molecule has 6 rings (SSSR count). The Morgan fingerprint density at radius 3 is 2.43 bits per heavy atom. The highest BCUT2D eigenvalue weighted by atomic mass is 35.5. The van der Waals surface area contributed by atoms with E-state index in [0.717, 1.165) is 37.8 Å². The van der Waals surface area contributed by atoms with Gasteiger partial charge in [0.2, 0.25) is 0 Å². The maximum Gasteiger partial charge on any atom is 0.262 e. The standard InChI is InChI=1S/C32H37ClN4O4S/c33-25-8-6-11-27(18-25)42(40,41)35-28-17-23(32(39)34-26-9-4-2-1-3-5-10-26)14-15-30(28)36-19-22-16-24(21-36)29-12-7-13-31(38)37(29)20-22/h6-8,11-15,17-18,22,24,26,35H,1-5,9-10,16,19-21H2,(H,34,39). The number of nitrogens with one attached hydrogen (secondary N) is 2. The van der Waals surface area contributed by atoms with Gasteiger partial charge < -0.3 is 14.8 Å². The molecule has 3 heterocycles. The van der Waals surface area contributed by atoms with E-state index in [1.807, 2.05) is 16.7 Å². The van der Waals surface area contributed by atoms with Crippen LogP contribution in [0, 0.1) is 5.92 Å². The molecule has 42 heavy (non-hydrogen) atoms. The number of sulfonamides is 1. The molecule has 2 atom stereocenters. The van der Waals surface area contributed by atoms with Gasteiger partial charge in [0.1, 0.15) is 0 Å². The van der Waals surface area contributed by atoms with Gasteiger partial charge in [-0.2, -0.15) is 0 Å². The Morgan fingerprint density at radius 1 is 0.881 bits per heavy atom. The van der Waals surface area contributed by atoms with Crippen LogP contribution in [-0.2, 0) is 16.6 Å². The number of anilines is 2. The number of pyridine rings is 1. The lowest BCUT2D eigenvalue weighted by atomic mass is 9.83. The molecule has 2 bridgehead atoms. The summed E-state index contributed by atoms with van der Waals surface area (Å²) in [6.45, 7) is 1.95. The third-order valence-electron chi connectivity index (χ3n) is 8.87. The van der Waals surface area contributed by atoms with E-state index in [0.29, 0.717) is 41.6 Å². The predicted octanol–water partition coefficient (Wildman–Crippen LogP) is 5.77. The van der Waals surface area contributed by atoms with E-state index in [-0.39, 0.29) is 34.2 Å². The second-order valence-electron chi connectivity index (χ2n) is 11.9. The lowest BCUT2D eigenvalue weighted by Crippen LogP contribution is -2.47. The lowest BCUT2D eigenvalue weighted by Gasteiger charge is -2.44. The largest absolute Gasteiger partial charge is 0.369 e. The lowest BCUT2D eigenvalue weighted by molar-refractivity contribution is 0.0930. The van der Waals surface area contributed by atoms with Gasteiger partial charge in [0.15, 0.2) is 0 Å². The molecular weight excluding hydrogens is 572 g/mol. The van der Waals surface area contributed by atoms with Gasteiger partial charge >= 0.3 is 0 Å². The van der Waals surface area contributed by atoms with Gasteiger partial charge in [0.25, 0.3) is 21.5 Å². The first-order valence-electron chi connectivity index (χ1n) is 14.9. The normalized spacial score (nSPS) is 21.1. The van der Waals surface area contributed by atoms with E-state index in [9.17, 15) is 18.0 Å². The molecule has 0 spiro atoms. The number of rotatable bonds is 6. The van der Waals surface area contributed by atoms with Crippen molar-refractivity contribution in [1.82, 2.24) is 9.88 Å². The van der Waals surface area contributed by atoms with E-state index in [4.69, 9.17) is 11.6 Å². The smallest absolute Gasteiger partial charge is 0.262 e. The van der Waals surface area contributed by atoms with Crippen LogP contribution in [0.15, 0.2) is 70.4 Å². The molecule has 0 radical (unpaired) electrons. The molecule has 2 aromatic carbocycles. The first-order valence-corrected chi connectivity index (χ1v) is 16.8. The number of halogens is 1. The van der Waals surface area contributed by atoms with Crippen LogP contribution in [0.3, 0.4) is 0 Å². The Balaban J connectivity index is 1.32. The molecule has 2 fully saturated rings. The van der Waals surface area contributed by atoms with Crippen molar-refractivity contribution in [3.8, 4) is 0 Å². The minimum atomic E-state index is -3.99. The average Bonchev–Trinajstić information content (AvgIpc) is 2.94. The number of amides is 1. The summed E-state index contributed by atoms with van der Waals surface area (Å²) in [6.07, 6.45) is 8.71. The van der Waals surface area contributed by atoms with Crippen LogP contribution in [0.5, 0.6) is 0 Å². The molecule has 1 amide bonds. The van der Waals surface area contributed by atoms with E-state index < -0.39 is 10.0 Å². The fourth-order valence-corrected chi connectivity index (χ4v) is 8.20. The van der Waals surface area contributed by atoms with E-state index in [1.54, 1.807) is 36.4 Å². The highest BCUT2D eigenvalue weighted by Gasteiger charge is 2.35. The molecule has 1 aliphatic carbocycles. The summed E-state index contributed by atoms with van der Waals surface area (Å²) in [5, 5.41) is 3.52. The molecule has 3 aliphatic rings. The maximum absolute atomic E-state index is 13.5. The fraction of sp³-hybridized carbons (Fsp3) is 0.438. The van der Waals surface area contributed by atoms with Gasteiger partial charge in [-0.15, -0.1) is 0 Å². The second kappa shape index (κ2) is 12.1. The third kappa shape index (κ3) is 6.22. The Bertz CT molecular complexity index is 1630. The minimum Gasteiger partial charge on any atom is -0.369 e. The number of fused-ring (bicyclic) bond motifs is 4. The van der Waals surface area contributed by atoms with Gasteiger partial charge in [0, 0.05) is 53.9 Å². The van der Waals surface area contributed by atoms with Crippen molar-refractivity contribution < 1.29 is 13.2 Å². The van der Waals surface area contributed by atoms with E-state index in [2.05, 4.69) is 14.9 Å². The summed E-state index contributed by atoms with van der Waals surface area (Å²) >= 11 is 6.12. The van der Waals surface area contributed by atoms with Crippen molar-refractivity contribution in [1.29, 1.82) is 0 Å². The molecule has 222 valence electrons. The average molecular weight is 609 g/mol. The zero-order valence-electron chi connectivity index (χ0n) is 23.6. The van der Waals surface area contributed by atoms with Crippen LogP contribution in [0.4, 0.5) is 11.4 Å². The van der Waals surface area contributed by atoms with E-state index >= 15 is 0 Å². The van der Waals surface area contributed by atoms with Crippen LogP contribution in [0.2, 0.25) is 5.02 Å². The summed E-state index contributed by atoms with van der Waals surface area (Å²) in [5.41, 5.74) is 2.51. The summed E-state index contributed by atoms with van der Waals surface area (Å²) in [7, 11) is -3.99. The number of carbonyl (C=O) groups is 1. The number of hydrogen-bond donors (Lipinski definition) is 2. The van der Waals surface area contributed by atoms with Crippen molar-refractivity contribution in [2.45, 2.75) is 74.8 Å². The van der Waals surface area contributed by atoms with Crippen molar-refractivity contribution in [3.05, 3.63) is 87.3 Å². The molecule has 10 heteroatoms. The summed E-state index contributed by atoms with van der Waals surface area (Å²) in [5.74, 6) is 0.196. The number of nitrogens with zero attached hydrogens (tertiary/aromatic N) is 2. The third-order valence-corrected chi connectivity index (χ3v) is 10.5. The summed E-state index contributed by atoms with van der Waals surface area (Å²) in [4.78, 5) is 28.2. The van der Waals surface area contributed by atoms with Crippen LogP contribution in [0.1, 0.15) is 73.3 Å². The fourth-order valence-electron chi connectivity index (χ4n) is 6.84. The van der Waals surface area contributed by atoms with Gasteiger partial charge in [-0.05, 0) is 67.6 Å². The highest BCUT2D eigenvalue weighted by molar-refractivity contribution is 7.92. The first-order chi connectivity index (χ1) is 20.3. The molecule has 1 saturated carbocycles. The summed E-state index contributed by atoms with van der Waals surface area (Å²) in [6, 6.07) is 17.0. The number of carbonyl (C=O) groups excluding carboxylic acids is 1. The van der Waals surface area contributed by atoms with Crippen molar-refractivity contribution in [2.75, 3.05) is 22.7 Å². The minimum absolute atomic E-state index is 0.0188. The molecule has 2 aliphatic heterocycles. The van der Waals surface area contributed by atoms with Crippen LogP contribution in [-0.4, -0.2) is 38.0 Å². The molecule has 1 saturated heterocycles. The Labute approximate surface area is 252 Å². The van der Waals surface area contributed by atoms with Crippen LogP contribution < -0.4 is 20.5 Å². The molecule has 1 aromatic heterocycles. The Hall–Kier alpha value is -3.30. The highest BCUT2D eigenvalue weighted by Crippen LogP contribution is 2.40. The molecule has 3 aromatic rings. The van der Waals surface area contributed by atoms with Gasteiger partial charge in [0.05, 0.1) is 16.3 Å². The summed E-state index contributed by atoms with van der Waals surface area (Å²) < 4.78 is 31.7. The quantitative estimate of drug-likeness (QED) is 0.370. The number of aromatic nitrogens is 1. The number of benzene rings is 2. The zero-order chi connectivity index (χ0) is 29.3. The van der Waals surface area contributed by atoms with Gasteiger partial charge in [-0.1, -0.05) is 55.8 Å². The van der Waals surface area contributed by atoms with Crippen LogP contribution in [0.25, 0.3) is 0 Å². The number of hydrogen-bond acceptors (Lipinski definition) is 5. The monoisotopic (exact) mass is 608 g/mol. The SMILES string of the molecule is O=C(NC1CCCCCCC1)c1ccc(N2CC3CC(C2)c2cccc(=O)n2C3)c(NS(=O)(=O)c2cccc(Cl)c2)c1. The topological polar surface area (TPSA) is 101 Å². The van der Waals surface area contributed by atoms with Crippen molar-refractivity contribution in [2.24, 2.45) is 5.92 Å².